The third kappa shape index (κ3) is 8.82. The van der Waals surface area contributed by atoms with Crippen LogP contribution in [0.15, 0.2) is 54.6 Å². The van der Waals surface area contributed by atoms with Gasteiger partial charge in [-0.05, 0) is 67.8 Å². The van der Waals surface area contributed by atoms with Crippen molar-refractivity contribution in [1.29, 1.82) is 0 Å². The Balaban J connectivity index is 2.23. The molecule has 4 aromatic carbocycles. The third-order valence-electron chi connectivity index (χ3n) is 9.07. The molecule has 0 bridgehead atoms. The van der Waals surface area contributed by atoms with Crippen LogP contribution in [0.4, 0.5) is 0 Å². The smallest absolute Gasteiger partial charge is 0.0630 e. The van der Waals surface area contributed by atoms with Gasteiger partial charge in [0, 0.05) is 0 Å². The molecular weight excluding hydrogens is 589 g/mol. The van der Waals surface area contributed by atoms with Gasteiger partial charge in [0.2, 0.25) is 0 Å². The number of hydrogen-bond donors (Lipinski definition) is 0. The zero-order valence-electron chi connectivity index (χ0n) is 30.9. The van der Waals surface area contributed by atoms with Gasteiger partial charge < -0.3 is 0 Å². The molecule has 4 rings (SSSR count). The Labute approximate surface area is 282 Å². The second kappa shape index (κ2) is 15.9. The molecule has 0 aliphatic carbocycles. The molecule has 45 heavy (non-hydrogen) atoms. The Kier molecular flexibility index (Phi) is 12.8. The van der Waals surface area contributed by atoms with Gasteiger partial charge in [0.15, 0.2) is 0 Å². The lowest BCUT2D eigenvalue weighted by Gasteiger charge is -2.27. The van der Waals surface area contributed by atoms with Crippen LogP contribution in [-0.4, -0.2) is 26.4 Å². The zero-order chi connectivity index (χ0) is 33.0. The van der Waals surface area contributed by atoms with Crippen LogP contribution in [0, 0.1) is 35.5 Å². The highest BCUT2D eigenvalue weighted by Crippen LogP contribution is 2.36. The summed E-state index contributed by atoms with van der Waals surface area (Å²) in [6.07, 6.45) is 0. The maximum Gasteiger partial charge on any atom is 0.0870 e. The molecule has 0 heterocycles. The molecule has 243 valence electrons. The van der Waals surface area contributed by atoms with E-state index in [-0.39, 0.29) is 0 Å². The standard InChI is InChI=1S/C42H63Si3/c1-28(2)22-43(23-29(3)4)37-19-13-16-34-40(37)35-17-14-20-38(44(24-30(5)6)25-31(7)8)42(35)36-18-15-21-39(41(34)36)45(26-32(9)10)27-33(11)12/h13-21,28-33H,22-27H2,1-12H3. The largest absolute Gasteiger partial charge is 0.0870 e. The normalized spacial score (nSPS) is 13.0. The van der Waals surface area contributed by atoms with Crippen LogP contribution in [0.1, 0.15) is 83.1 Å². The van der Waals surface area contributed by atoms with Gasteiger partial charge in [-0.3, -0.25) is 0 Å². The fraction of sp³-hybridized carbons (Fsp3) is 0.571. The molecule has 0 unspecified atom stereocenters. The molecule has 0 saturated carbocycles. The van der Waals surface area contributed by atoms with E-state index < -0.39 is 26.4 Å². The van der Waals surface area contributed by atoms with Gasteiger partial charge in [-0.15, -0.1) is 0 Å². The first-order valence-corrected chi connectivity index (χ1v) is 24.0. The second-order valence-corrected chi connectivity index (χ2v) is 24.3. The summed E-state index contributed by atoms with van der Waals surface area (Å²) in [5, 5.41) is 14.6. The molecule has 0 saturated heterocycles. The van der Waals surface area contributed by atoms with Crippen LogP contribution < -0.4 is 15.6 Å². The average Bonchev–Trinajstić information content (AvgIpc) is 2.93. The summed E-state index contributed by atoms with van der Waals surface area (Å²) in [7, 11) is -2.18. The highest BCUT2D eigenvalue weighted by Gasteiger charge is 2.28. The van der Waals surface area contributed by atoms with E-state index in [0.717, 1.165) is 35.5 Å². The van der Waals surface area contributed by atoms with Gasteiger partial charge in [-0.1, -0.05) is 190 Å². The molecule has 0 N–H and O–H groups in total. The molecule has 0 fully saturated rings. The number of rotatable bonds is 15. The van der Waals surface area contributed by atoms with Gasteiger partial charge in [-0.25, -0.2) is 0 Å². The summed E-state index contributed by atoms with van der Waals surface area (Å²) in [4.78, 5) is 0. The van der Waals surface area contributed by atoms with Gasteiger partial charge in [0.05, 0.1) is 26.4 Å². The Morgan fingerprint density at radius 1 is 0.333 bits per heavy atom. The lowest BCUT2D eigenvalue weighted by Crippen LogP contribution is -2.36. The van der Waals surface area contributed by atoms with Crippen LogP contribution in [0.25, 0.3) is 32.3 Å². The van der Waals surface area contributed by atoms with Crippen molar-refractivity contribution >= 4 is 74.3 Å². The first-order valence-electron chi connectivity index (χ1n) is 18.2. The molecule has 0 aliphatic heterocycles. The summed E-state index contributed by atoms with van der Waals surface area (Å²) in [5.41, 5.74) is 0. The SMILES string of the molecule is CC(C)C[Si](CC(C)C)c1cccc2c1c1cccc([Si](CC(C)C)CC(C)C)c1c1cccc([Si](CC(C)C)CC(C)C)c21. The van der Waals surface area contributed by atoms with E-state index in [2.05, 4.69) is 138 Å². The molecule has 0 nitrogen and oxygen atoms in total. The van der Waals surface area contributed by atoms with E-state index >= 15 is 0 Å². The third-order valence-corrected chi connectivity index (χ3v) is 20.5. The van der Waals surface area contributed by atoms with E-state index in [9.17, 15) is 0 Å². The van der Waals surface area contributed by atoms with E-state index in [4.69, 9.17) is 0 Å². The van der Waals surface area contributed by atoms with Crippen molar-refractivity contribution in [3.05, 3.63) is 54.6 Å². The van der Waals surface area contributed by atoms with E-state index in [1.54, 1.807) is 47.9 Å². The maximum atomic E-state index is 2.56. The van der Waals surface area contributed by atoms with Crippen LogP contribution in [0.2, 0.25) is 36.3 Å². The minimum Gasteiger partial charge on any atom is -0.0630 e. The van der Waals surface area contributed by atoms with Crippen molar-refractivity contribution in [3.63, 3.8) is 0 Å². The van der Waals surface area contributed by atoms with Crippen LogP contribution >= 0.6 is 0 Å². The predicted octanol–water partition coefficient (Wildman–Crippen LogP) is 11.2. The minimum absolute atomic E-state index is 0.726. The highest BCUT2D eigenvalue weighted by molar-refractivity contribution is 6.80. The number of fused-ring (bicyclic) bond motifs is 6. The molecular formula is C42H63Si3. The monoisotopic (exact) mass is 651 g/mol. The molecule has 0 amide bonds. The molecule has 4 aromatic rings. The summed E-state index contributed by atoms with van der Waals surface area (Å²) in [5.74, 6) is 4.36. The molecule has 0 spiro atoms. The lowest BCUT2D eigenvalue weighted by atomic mass is 9.94. The summed E-state index contributed by atoms with van der Waals surface area (Å²) in [6.45, 7) is 29.3. The average molecular weight is 652 g/mol. The van der Waals surface area contributed by atoms with E-state index in [1.807, 2.05) is 0 Å². The Morgan fingerprint density at radius 3 is 0.711 bits per heavy atom. The van der Waals surface area contributed by atoms with Gasteiger partial charge in [0.25, 0.3) is 0 Å². The first kappa shape index (κ1) is 36.2. The van der Waals surface area contributed by atoms with Crippen molar-refractivity contribution in [3.8, 4) is 0 Å². The second-order valence-electron chi connectivity index (χ2n) is 16.6. The maximum absolute atomic E-state index is 2.56. The Hall–Kier alpha value is -1.69. The number of hydrogen-bond acceptors (Lipinski definition) is 0. The Morgan fingerprint density at radius 2 is 0.533 bits per heavy atom. The van der Waals surface area contributed by atoms with Crippen LogP contribution in [0.3, 0.4) is 0 Å². The number of benzene rings is 4. The fourth-order valence-corrected chi connectivity index (χ4v) is 18.5. The molecule has 0 aliphatic rings. The van der Waals surface area contributed by atoms with Crippen molar-refractivity contribution in [2.45, 2.75) is 119 Å². The van der Waals surface area contributed by atoms with Crippen molar-refractivity contribution in [1.82, 2.24) is 0 Å². The summed E-state index contributed by atoms with van der Waals surface area (Å²) >= 11 is 0. The molecule has 3 heteroatoms. The van der Waals surface area contributed by atoms with Gasteiger partial charge >= 0.3 is 0 Å². The van der Waals surface area contributed by atoms with E-state index in [1.165, 1.54) is 36.3 Å². The molecule has 0 aromatic heterocycles. The molecule has 3 radical (unpaired) electrons. The van der Waals surface area contributed by atoms with Crippen molar-refractivity contribution < 1.29 is 0 Å². The summed E-state index contributed by atoms with van der Waals surface area (Å²) < 4.78 is 0. The topological polar surface area (TPSA) is 0 Å². The Bertz CT molecular complexity index is 1300. The predicted molar refractivity (Wildman–Crippen MR) is 213 cm³/mol. The quantitative estimate of drug-likeness (QED) is 0.0886. The van der Waals surface area contributed by atoms with Crippen LogP contribution in [-0.2, 0) is 0 Å². The van der Waals surface area contributed by atoms with Crippen molar-refractivity contribution in [2.75, 3.05) is 0 Å². The minimum atomic E-state index is -0.728. The zero-order valence-corrected chi connectivity index (χ0v) is 33.9. The molecule has 0 atom stereocenters. The van der Waals surface area contributed by atoms with Crippen molar-refractivity contribution in [2.24, 2.45) is 35.5 Å². The van der Waals surface area contributed by atoms with Gasteiger partial charge in [-0.2, -0.15) is 0 Å². The first-order chi connectivity index (χ1) is 21.3. The van der Waals surface area contributed by atoms with Crippen LogP contribution in [0.5, 0.6) is 0 Å². The van der Waals surface area contributed by atoms with Gasteiger partial charge in [0.1, 0.15) is 0 Å². The lowest BCUT2D eigenvalue weighted by molar-refractivity contribution is 0.694. The highest BCUT2D eigenvalue weighted by atomic mass is 28.3. The van der Waals surface area contributed by atoms with E-state index in [0.29, 0.717) is 0 Å². The summed E-state index contributed by atoms with van der Waals surface area (Å²) in [6, 6.07) is 30.6. The fourth-order valence-electron chi connectivity index (χ4n) is 7.90.